The van der Waals surface area contributed by atoms with E-state index in [0.29, 0.717) is 6.04 Å². The van der Waals surface area contributed by atoms with Crippen LogP contribution in [0.2, 0.25) is 0 Å². The van der Waals surface area contributed by atoms with Crippen molar-refractivity contribution in [2.24, 2.45) is 0 Å². The molecule has 1 fully saturated rings. The highest BCUT2D eigenvalue weighted by Gasteiger charge is 2.39. The first kappa shape index (κ1) is 11.7. The maximum absolute atomic E-state index is 9.33. The molecule has 1 aromatic rings. The van der Waals surface area contributed by atoms with Crippen molar-refractivity contribution in [1.29, 1.82) is 5.26 Å². The Morgan fingerprint density at radius 3 is 3.06 bits per heavy atom. The second-order valence-corrected chi connectivity index (χ2v) is 5.59. The van der Waals surface area contributed by atoms with Gasteiger partial charge in [-0.15, -0.1) is 0 Å². The Balaban J connectivity index is 1.85. The Kier molecular flexibility index (Phi) is 2.87. The highest BCUT2D eigenvalue weighted by molar-refractivity contribution is 5.20. The standard InChI is InChI=1S/C14H20N4/c1-16-14(9-15)7-6-11(8-14)18-10-17-12-4-2-3-5-13(12)18/h10-11,16H,2-8H2,1H3. The summed E-state index contributed by atoms with van der Waals surface area (Å²) in [6, 6.07) is 2.90. The Morgan fingerprint density at radius 2 is 2.33 bits per heavy atom. The van der Waals surface area contributed by atoms with Gasteiger partial charge >= 0.3 is 0 Å². The minimum Gasteiger partial charge on any atom is -0.331 e. The quantitative estimate of drug-likeness (QED) is 0.865. The molecular formula is C14H20N4. The molecule has 1 N–H and O–H groups in total. The van der Waals surface area contributed by atoms with E-state index in [2.05, 4.69) is 20.9 Å². The summed E-state index contributed by atoms with van der Waals surface area (Å²) in [6.45, 7) is 0. The summed E-state index contributed by atoms with van der Waals surface area (Å²) >= 11 is 0. The molecule has 2 aliphatic carbocycles. The van der Waals surface area contributed by atoms with Gasteiger partial charge in [0.05, 0.1) is 18.1 Å². The van der Waals surface area contributed by atoms with Crippen LogP contribution < -0.4 is 5.32 Å². The first-order chi connectivity index (χ1) is 8.78. The molecule has 1 saturated carbocycles. The van der Waals surface area contributed by atoms with Crippen LogP contribution in [0, 0.1) is 11.3 Å². The van der Waals surface area contributed by atoms with Crippen LogP contribution in [0.25, 0.3) is 0 Å². The van der Waals surface area contributed by atoms with E-state index in [1.807, 2.05) is 13.4 Å². The van der Waals surface area contributed by atoms with Crippen LogP contribution in [0.3, 0.4) is 0 Å². The van der Waals surface area contributed by atoms with Crippen molar-refractivity contribution in [1.82, 2.24) is 14.9 Å². The summed E-state index contributed by atoms with van der Waals surface area (Å²) in [5, 5.41) is 12.5. The first-order valence-corrected chi connectivity index (χ1v) is 6.93. The number of fused-ring (bicyclic) bond motifs is 1. The van der Waals surface area contributed by atoms with E-state index in [1.54, 1.807) is 0 Å². The predicted octanol–water partition coefficient (Wildman–Crippen LogP) is 1.97. The van der Waals surface area contributed by atoms with E-state index in [4.69, 9.17) is 0 Å². The van der Waals surface area contributed by atoms with Gasteiger partial charge in [-0.3, -0.25) is 0 Å². The Labute approximate surface area is 108 Å². The zero-order chi connectivity index (χ0) is 12.6. The Hall–Kier alpha value is -1.34. The lowest BCUT2D eigenvalue weighted by Gasteiger charge is -2.22. The molecule has 18 heavy (non-hydrogen) atoms. The van der Waals surface area contributed by atoms with Crippen LogP contribution in [0.5, 0.6) is 0 Å². The summed E-state index contributed by atoms with van der Waals surface area (Å²) in [5.74, 6) is 0. The van der Waals surface area contributed by atoms with Crippen molar-refractivity contribution in [3.8, 4) is 6.07 Å². The van der Waals surface area contributed by atoms with Gasteiger partial charge in [-0.1, -0.05) is 0 Å². The molecule has 4 nitrogen and oxygen atoms in total. The second-order valence-electron chi connectivity index (χ2n) is 5.59. The van der Waals surface area contributed by atoms with Crippen LogP contribution in [0.4, 0.5) is 0 Å². The summed E-state index contributed by atoms with van der Waals surface area (Å²) in [7, 11) is 1.90. The largest absolute Gasteiger partial charge is 0.331 e. The van der Waals surface area contributed by atoms with Gasteiger partial charge in [-0.25, -0.2) is 4.98 Å². The van der Waals surface area contributed by atoms with Crippen LogP contribution in [-0.4, -0.2) is 22.1 Å². The molecule has 0 aliphatic heterocycles. The average molecular weight is 244 g/mol. The van der Waals surface area contributed by atoms with Crippen molar-refractivity contribution < 1.29 is 0 Å². The van der Waals surface area contributed by atoms with Crippen molar-refractivity contribution in [3.63, 3.8) is 0 Å². The zero-order valence-corrected chi connectivity index (χ0v) is 10.9. The molecule has 0 spiro atoms. The molecule has 0 amide bonds. The normalized spacial score (nSPS) is 31.0. The zero-order valence-electron chi connectivity index (χ0n) is 10.9. The third-order valence-corrected chi connectivity index (χ3v) is 4.63. The van der Waals surface area contributed by atoms with Gasteiger partial charge in [-0.2, -0.15) is 5.26 Å². The molecule has 1 aromatic heterocycles. The number of nitriles is 1. The summed E-state index contributed by atoms with van der Waals surface area (Å²) in [4.78, 5) is 4.56. The average Bonchev–Trinajstić information content (AvgIpc) is 3.03. The fraction of sp³-hybridized carbons (Fsp3) is 0.714. The van der Waals surface area contributed by atoms with E-state index in [1.165, 1.54) is 24.2 Å². The summed E-state index contributed by atoms with van der Waals surface area (Å²) < 4.78 is 2.35. The van der Waals surface area contributed by atoms with Crippen molar-refractivity contribution in [2.45, 2.75) is 56.5 Å². The number of hydrogen-bond donors (Lipinski definition) is 1. The van der Waals surface area contributed by atoms with E-state index >= 15 is 0 Å². The highest BCUT2D eigenvalue weighted by Crippen LogP contribution is 2.39. The molecule has 0 saturated heterocycles. The van der Waals surface area contributed by atoms with Crippen LogP contribution in [0.1, 0.15) is 49.5 Å². The van der Waals surface area contributed by atoms with E-state index in [9.17, 15) is 5.26 Å². The van der Waals surface area contributed by atoms with E-state index in [-0.39, 0.29) is 5.54 Å². The lowest BCUT2D eigenvalue weighted by molar-refractivity contribution is 0.421. The lowest BCUT2D eigenvalue weighted by Crippen LogP contribution is -2.38. The van der Waals surface area contributed by atoms with Gasteiger partial charge in [0.2, 0.25) is 0 Å². The summed E-state index contributed by atoms with van der Waals surface area (Å²) in [6.07, 6.45) is 9.77. The van der Waals surface area contributed by atoms with Gasteiger partial charge in [0.15, 0.2) is 0 Å². The van der Waals surface area contributed by atoms with Crippen LogP contribution in [0.15, 0.2) is 6.33 Å². The number of imidazole rings is 1. The topological polar surface area (TPSA) is 53.6 Å². The third-order valence-electron chi connectivity index (χ3n) is 4.63. The fourth-order valence-corrected chi connectivity index (χ4v) is 3.45. The van der Waals surface area contributed by atoms with E-state index in [0.717, 1.165) is 32.1 Å². The van der Waals surface area contributed by atoms with E-state index < -0.39 is 0 Å². The van der Waals surface area contributed by atoms with Gasteiger partial charge < -0.3 is 9.88 Å². The summed E-state index contributed by atoms with van der Waals surface area (Å²) in [5.41, 5.74) is 2.40. The molecule has 2 aliphatic rings. The van der Waals surface area contributed by atoms with Crippen LogP contribution >= 0.6 is 0 Å². The van der Waals surface area contributed by atoms with Crippen molar-refractivity contribution in [2.75, 3.05) is 7.05 Å². The number of rotatable bonds is 2. The van der Waals surface area contributed by atoms with Gasteiger partial charge in [0, 0.05) is 11.7 Å². The Morgan fingerprint density at radius 1 is 1.50 bits per heavy atom. The molecule has 0 bridgehead atoms. The van der Waals surface area contributed by atoms with Gasteiger partial charge in [0.25, 0.3) is 0 Å². The molecule has 0 radical (unpaired) electrons. The molecule has 1 heterocycles. The smallest absolute Gasteiger partial charge is 0.108 e. The van der Waals surface area contributed by atoms with Crippen molar-refractivity contribution in [3.05, 3.63) is 17.7 Å². The van der Waals surface area contributed by atoms with Gasteiger partial charge in [0.1, 0.15) is 5.54 Å². The van der Waals surface area contributed by atoms with Crippen molar-refractivity contribution >= 4 is 0 Å². The van der Waals surface area contributed by atoms with Gasteiger partial charge in [-0.05, 0) is 52.0 Å². The van der Waals surface area contributed by atoms with Crippen LogP contribution in [-0.2, 0) is 12.8 Å². The molecule has 3 rings (SSSR count). The monoisotopic (exact) mass is 244 g/mol. The first-order valence-electron chi connectivity index (χ1n) is 6.93. The minimum absolute atomic E-state index is 0.323. The fourth-order valence-electron chi connectivity index (χ4n) is 3.45. The molecular weight excluding hydrogens is 224 g/mol. The Bertz CT molecular complexity index is 484. The maximum Gasteiger partial charge on any atom is 0.108 e. The number of aromatic nitrogens is 2. The molecule has 2 atom stereocenters. The maximum atomic E-state index is 9.33. The number of aryl methyl sites for hydroxylation is 1. The minimum atomic E-state index is -0.323. The number of nitrogens with zero attached hydrogens (tertiary/aromatic N) is 3. The SMILES string of the molecule is CNC1(C#N)CCC(n2cnc3c2CCCC3)C1. The molecule has 4 heteroatoms. The predicted molar refractivity (Wildman–Crippen MR) is 69.2 cm³/mol. The molecule has 0 aromatic carbocycles. The third kappa shape index (κ3) is 1.74. The lowest BCUT2D eigenvalue weighted by atomic mass is 9.99. The molecule has 96 valence electrons. The molecule has 2 unspecified atom stereocenters. The highest BCUT2D eigenvalue weighted by atomic mass is 15.1. The second kappa shape index (κ2) is 4.40. The number of hydrogen-bond acceptors (Lipinski definition) is 3. The number of nitrogens with one attached hydrogen (secondary N) is 1.